The monoisotopic (exact) mass is 490 g/mol. The summed E-state index contributed by atoms with van der Waals surface area (Å²) in [6, 6.07) is -1.00. The summed E-state index contributed by atoms with van der Waals surface area (Å²) in [7, 11) is 0. The largest absolute Gasteiger partial charge is 0.461 e. The van der Waals surface area contributed by atoms with Gasteiger partial charge in [-0.15, -0.1) is 18.3 Å². The van der Waals surface area contributed by atoms with Gasteiger partial charge in [0.2, 0.25) is 11.8 Å². The molecular formula is C26H38N2O5S. The molecular weight excluding hydrogens is 452 g/mol. The normalized spacial score (nSPS) is 33.5. The number of hydrogen-bond donors (Lipinski definition) is 1. The van der Waals surface area contributed by atoms with Gasteiger partial charge in [-0.2, -0.15) is 0 Å². The number of amides is 2. The number of ether oxygens (including phenoxy) is 1. The quantitative estimate of drug-likeness (QED) is 0.374. The molecule has 0 radical (unpaired) electrons. The van der Waals surface area contributed by atoms with Crippen molar-refractivity contribution in [1.29, 1.82) is 0 Å². The number of aliphatic hydroxyl groups is 1. The first kappa shape index (κ1) is 25.3. The van der Waals surface area contributed by atoms with Gasteiger partial charge in [-0.3, -0.25) is 14.4 Å². The Labute approximate surface area is 206 Å². The smallest absolute Gasteiger partial charge is 0.311 e. The zero-order valence-corrected chi connectivity index (χ0v) is 21.0. The Morgan fingerprint density at radius 3 is 2.62 bits per heavy atom. The number of hydrogen-bond acceptors (Lipinski definition) is 6. The Bertz CT molecular complexity index is 824. The van der Waals surface area contributed by atoms with Crippen molar-refractivity contribution in [2.24, 2.45) is 11.8 Å². The van der Waals surface area contributed by atoms with E-state index in [0.29, 0.717) is 19.4 Å². The molecule has 0 aromatic heterocycles. The van der Waals surface area contributed by atoms with Crippen LogP contribution in [0.2, 0.25) is 0 Å². The number of likely N-dealkylation sites (tertiary alicyclic amines) is 1. The molecule has 8 heteroatoms. The molecule has 1 N–H and O–H groups in total. The number of aliphatic hydroxyl groups excluding tert-OH is 1. The third-order valence-electron chi connectivity index (χ3n) is 8.29. The zero-order valence-electron chi connectivity index (χ0n) is 20.2. The van der Waals surface area contributed by atoms with E-state index >= 15 is 0 Å². The van der Waals surface area contributed by atoms with Crippen molar-refractivity contribution < 1.29 is 24.2 Å². The summed E-state index contributed by atoms with van der Waals surface area (Å²) in [5, 5.41) is 10.1. The molecule has 0 aromatic rings. The number of esters is 1. The van der Waals surface area contributed by atoms with E-state index in [0.717, 1.165) is 32.1 Å². The van der Waals surface area contributed by atoms with Gasteiger partial charge >= 0.3 is 5.97 Å². The predicted octanol–water partition coefficient (Wildman–Crippen LogP) is 2.93. The number of thioether (sulfide) groups is 1. The fourth-order valence-corrected chi connectivity index (χ4v) is 8.98. The van der Waals surface area contributed by atoms with Gasteiger partial charge in [-0.1, -0.05) is 44.9 Å². The van der Waals surface area contributed by atoms with Gasteiger partial charge in [0, 0.05) is 17.8 Å². The third-order valence-corrected chi connectivity index (χ3v) is 10.2. The first-order chi connectivity index (χ1) is 16.4. The van der Waals surface area contributed by atoms with E-state index in [1.54, 1.807) is 22.7 Å². The highest BCUT2D eigenvalue weighted by Gasteiger charge is 2.74. The minimum Gasteiger partial charge on any atom is -0.461 e. The molecule has 1 aliphatic carbocycles. The van der Waals surface area contributed by atoms with Crippen LogP contribution in [0.4, 0.5) is 0 Å². The number of nitrogens with zero attached hydrogens (tertiary/aromatic N) is 2. The highest BCUT2D eigenvalue weighted by molar-refractivity contribution is 8.02. The molecule has 34 heavy (non-hydrogen) atoms. The van der Waals surface area contributed by atoms with Crippen LogP contribution in [0.1, 0.15) is 58.3 Å². The van der Waals surface area contributed by atoms with Crippen LogP contribution in [-0.4, -0.2) is 80.6 Å². The lowest BCUT2D eigenvalue weighted by Gasteiger charge is -2.42. The molecule has 6 atom stereocenters. The molecule has 0 aromatic carbocycles. The summed E-state index contributed by atoms with van der Waals surface area (Å²) >= 11 is 1.64. The third kappa shape index (κ3) is 4.00. The molecule has 3 aliphatic heterocycles. The van der Waals surface area contributed by atoms with Gasteiger partial charge in [0.15, 0.2) is 0 Å². The van der Waals surface area contributed by atoms with Gasteiger partial charge in [0.1, 0.15) is 12.6 Å². The van der Waals surface area contributed by atoms with Gasteiger partial charge in [-0.05, 0) is 32.1 Å². The van der Waals surface area contributed by atoms with E-state index in [9.17, 15) is 19.5 Å². The summed E-state index contributed by atoms with van der Waals surface area (Å²) in [4.78, 5) is 45.0. The number of carbonyl (C=O) groups is 3. The first-order valence-corrected chi connectivity index (χ1v) is 13.6. The summed E-state index contributed by atoms with van der Waals surface area (Å²) in [5.41, 5.74) is 0. The number of carbonyl (C=O) groups excluding carboxylic acids is 3. The van der Waals surface area contributed by atoms with Gasteiger partial charge in [0.05, 0.1) is 29.2 Å². The fourth-order valence-electron chi connectivity index (χ4n) is 6.79. The molecule has 4 aliphatic rings. The predicted molar refractivity (Wildman–Crippen MR) is 132 cm³/mol. The van der Waals surface area contributed by atoms with Crippen LogP contribution in [0.5, 0.6) is 0 Å². The second kappa shape index (κ2) is 10.4. The zero-order chi connectivity index (χ0) is 24.5. The van der Waals surface area contributed by atoms with E-state index in [4.69, 9.17) is 4.74 Å². The van der Waals surface area contributed by atoms with Gasteiger partial charge < -0.3 is 19.6 Å². The van der Waals surface area contributed by atoms with E-state index < -0.39 is 28.7 Å². The lowest BCUT2D eigenvalue weighted by Crippen LogP contribution is -2.59. The number of fused-ring (bicyclic) bond motifs is 1. The standard InChI is InChI=1S/C26H38N2O5S/c1-4-14-27(18-10-8-7-9-11-18)24(31)22-26-13-12-19(34-26)20(25(32)33-15-5-2)21(26)23(30)28(22)17(6-3)16-29/h4-5,17-22,29H,1-2,6-16H2,3H3/t17-,19+,20-,21-,22?,26?/m0/s1. The molecule has 4 rings (SSSR count). The first-order valence-electron chi connectivity index (χ1n) is 12.7. The van der Waals surface area contributed by atoms with Crippen molar-refractivity contribution >= 4 is 29.5 Å². The van der Waals surface area contributed by atoms with Crippen LogP contribution in [0, 0.1) is 11.8 Å². The van der Waals surface area contributed by atoms with Crippen LogP contribution in [0.15, 0.2) is 25.3 Å². The Hall–Kier alpha value is -1.80. The number of rotatable bonds is 10. The van der Waals surface area contributed by atoms with Crippen molar-refractivity contribution in [2.45, 2.75) is 86.4 Å². The Morgan fingerprint density at radius 1 is 1.26 bits per heavy atom. The van der Waals surface area contributed by atoms with Crippen LogP contribution in [-0.2, 0) is 19.1 Å². The minimum absolute atomic E-state index is 0.0274. The van der Waals surface area contributed by atoms with Crippen molar-refractivity contribution in [3.63, 3.8) is 0 Å². The molecule has 2 unspecified atom stereocenters. The maximum Gasteiger partial charge on any atom is 0.311 e. The maximum absolute atomic E-state index is 14.4. The lowest BCUT2D eigenvalue weighted by molar-refractivity contribution is -0.153. The SMILES string of the molecule is C=CCOC(=O)[C@@H]1[C@H]2C(=O)N([C@@H](CC)CO)C(C(=O)N(CC=C)C3CCCCC3)C23CC[C@H]1S3. The summed E-state index contributed by atoms with van der Waals surface area (Å²) in [6.45, 7) is 9.77. The van der Waals surface area contributed by atoms with Gasteiger partial charge in [-0.25, -0.2) is 0 Å². The second-order valence-corrected chi connectivity index (χ2v) is 11.6. The summed E-state index contributed by atoms with van der Waals surface area (Å²) in [5.74, 6) is -1.78. The van der Waals surface area contributed by atoms with E-state index in [1.807, 2.05) is 11.8 Å². The minimum atomic E-state index is -0.684. The van der Waals surface area contributed by atoms with E-state index in [2.05, 4.69) is 13.2 Å². The van der Waals surface area contributed by atoms with Crippen LogP contribution in [0.3, 0.4) is 0 Å². The Morgan fingerprint density at radius 2 is 2.00 bits per heavy atom. The summed E-state index contributed by atoms with van der Waals surface area (Å²) < 4.78 is 4.75. The average Bonchev–Trinajstić information content (AvgIpc) is 3.50. The summed E-state index contributed by atoms with van der Waals surface area (Å²) in [6.07, 6.45) is 10.6. The molecule has 1 saturated carbocycles. The fraction of sp³-hybridized carbons (Fsp3) is 0.731. The van der Waals surface area contributed by atoms with E-state index in [1.165, 1.54) is 12.5 Å². The molecule has 2 bridgehead atoms. The van der Waals surface area contributed by atoms with Crippen molar-refractivity contribution in [1.82, 2.24) is 9.80 Å². The highest BCUT2D eigenvalue weighted by Crippen LogP contribution is 2.67. The Balaban J connectivity index is 1.74. The van der Waals surface area contributed by atoms with Crippen molar-refractivity contribution in [2.75, 3.05) is 19.8 Å². The molecule has 2 amide bonds. The molecule has 188 valence electrons. The Kier molecular flexibility index (Phi) is 7.77. The van der Waals surface area contributed by atoms with Crippen molar-refractivity contribution in [3.8, 4) is 0 Å². The second-order valence-electron chi connectivity index (χ2n) is 10.0. The van der Waals surface area contributed by atoms with Crippen LogP contribution >= 0.6 is 11.8 Å². The van der Waals surface area contributed by atoms with Crippen LogP contribution < -0.4 is 0 Å². The van der Waals surface area contributed by atoms with Crippen molar-refractivity contribution in [3.05, 3.63) is 25.3 Å². The molecule has 4 fully saturated rings. The molecule has 7 nitrogen and oxygen atoms in total. The maximum atomic E-state index is 14.4. The molecule has 1 spiro atoms. The molecule has 3 heterocycles. The molecule has 3 saturated heterocycles. The van der Waals surface area contributed by atoms with Gasteiger partial charge in [0.25, 0.3) is 0 Å². The highest BCUT2D eigenvalue weighted by atomic mass is 32.2. The average molecular weight is 491 g/mol. The van der Waals surface area contributed by atoms with Crippen LogP contribution in [0.25, 0.3) is 0 Å². The topological polar surface area (TPSA) is 87.1 Å². The lowest BCUT2D eigenvalue weighted by atomic mass is 9.71. The van der Waals surface area contributed by atoms with E-state index in [-0.39, 0.29) is 42.3 Å².